The summed E-state index contributed by atoms with van der Waals surface area (Å²) in [5, 5.41) is 0. The van der Waals surface area contributed by atoms with Gasteiger partial charge in [-0.2, -0.15) is 0 Å². The first-order chi connectivity index (χ1) is 4.06. The van der Waals surface area contributed by atoms with E-state index in [1.165, 1.54) is 0 Å². The highest BCUT2D eigenvalue weighted by Crippen LogP contribution is 2.45. The van der Waals surface area contributed by atoms with Gasteiger partial charge in [0.05, 0.1) is 0 Å². The van der Waals surface area contributed by atoms with Gasteiger partial charge in [-0.15, -0.1) is 0 Å². The minimum atomic E-state index is -1.92. The van der Waals surface area contributed by atoms with E-state index in [1.54, 1.807) is 0 Å². The maximum Gasteiger partial charge on any atom is 0.149 e. The van der Waals surface area contributed by atoms with Gasteiger partial charge in [0.2, 0.25) is 0 Å². The van der Waals surface area contributed by atoms with Gasteiger partial charge in [-0.25, -0.2) is 0 Å². The number of rotatable bonds is 3. The fraction of sp³-hybridized carbons (Fsp3) is 1.00. The Bertz CT molecular complexity index is 114. The van der Waals surface area contributed by atoms with Crippen LogP contribution in [0.5, 0.6) is 0 Å². The van der Waals surface area contributed by atoms with E-state index in [0.29, 0.717) is 0 Å². The average Bonchev–Trinajstić information content (AvgIpc) is 1.86. The molecule has 0 bridgehead atoms. The lowest BCUT2D eigenvalue weighted by Gasteiger charge is -2.21. The highest BCUT2D eigenvalue weighted by atomic mass is 31.2. The Morgan fingerprint density at radius 2 is 1.56 bits per heavy atom. The van der Waals surface area contributed by atoms with Crippen molar-refractivity contribution in [2.24, 2.45) is 0 Å². The minimum Gasteiger partial charge on any atom is -0.307 e. The molecule has 0 fully saturated rings. The van der Waals surface area contributed by atoms with Crippen LogP contribution in [0.15, 0.2) is 0 Å². The molecular formula is C6H16NOP. The van der Waals surface area contributed by atoms with Crippen molar-refractivity contribution in [2.75, 3.05) is 26.4 Å². The van der Waals surface area contributed by atoms with Gasteiger partial charge in [-0.3, -0.25) is 4.67 Å². The molecule has 0 aromatic heterocycles. The molecule has 0 unspecified atom stereocenters. The summed E-state index contributed by atoms with van der Waals surface area (Å²) in [4.78, 5) is 0. The maximum absolute atomic E-state index is 11.6. The molecule has 0 heterocycles. The number of hydrogen-bond acceptors (Lipinski definition) is 1. The molecule has 0 saturated carbocycles. The average molecular weight is 149 g/mol. The molecule has 2 nitrogen and oxygen atoms in total. The predicted octanol–water partition coefficient (Wildman–Crippen LogP) is 1.87. The number of hydrogen-bond donors (Lipinski definition) is 0. The standard InChI is InChI=1S/C6H16NOP/c1-5-9(8,6-2)7(3)4/h5-6H2,1-4H3. The topological polar surface area (TPSA) is 20.3 Å². The van der Waals surface area contributed by atoms with Crippen LogP contribution in [-0.4, -0.2) is 31.1 Å². The lowest BCUT2D eigenvalue weighted by molar-refractivity contribution is 0.516. The first-order valence-corrected chi connectivity index (χ1v) is 5.35. The molecule has 0 aliphatic heterocycles. The van der Waals surface area contributed by atoms with Gasteiger partial charge in [0.25, 0.3) is 0 Å². The molecule has 0 spiro atoms. The van der Waals surface area contributed by atoms with Gasteiger partial charge >= 0.3 is 0 Å². The van der Waals surface area contributed by atoms with Gasteiger partial charge in [0, 0.05) is 12.3 Å². The van der Waals surface area contributed by atoms with Crippen molar-refractivity contribution in [1.82, 2.24) is 4.67 Å². The Morgan fingerprint density at radius 1 is 1.22 bits per heavy atom. The van der Waals surface area contributed by atoms with E-state index in [0.717, 1.165) is 12.3 Å². The molecule has 0 rings (SSSR count). The van der Waals surface area contributed by atoms with Crippen LogP contribution in [0.25, 0.3) is 0 Å². The predicted molar refractivity (Wildman–Crippen MR) is 42.4 cm³/mol. The van der Waals surface area contributed by atoms with Gasteiger partial charge < -0.3 is 4.57 Å². The zero-order valence-electron chi connectivity index (χ0n) is 6.72. The summed E-state index contributed by atoms with van der Waals surface area (Å²) >= 11 is 0. The molecule has 0 aliphatic rings. The van der Waals surface area contributed by atoms with Crippen LogP contribution in [0.2, 0.25) is 0 Å². The van der Waals surface area contributed by atoms with Crippen LogP contribution in [-0.2, 0) is 4.57 Å². The van der Waals surface area contributed by atoms with Crippen molar-refractivity contribution < 1.29 is 4.57 Å². The van der Waals surface area contributed by atoms with Crippen LogP contribution in [0, 0.1) is 0 Å². The molecule has 0 aromatic rings. The second kappa shape index (κ2) is 3.38. The molecule has 0 amide bonds. The molecule has 0 N–H and O–H groups in total. The summed E-state index contributed by atoms with van der Waals surface area (Å²) in [7, 11) is 1.85. The van der Waals surface area contributed by atoms with E-state index in [1.807, 2.05) is 32.6 Å². The Hall–Kier alpha value is 0.190. The first kappa shape index (κ1) is 9.19. The summed E-state index contributed by atoms with van der Waals surface area (Å²) in [6.45, 7) is 3.95. The summed E-state index contributed by atoms with van der Waals surface area (Å²) in [6, 6.07) is 0. The Balaban J connectivity index is 4.11. The zero-order valence-corrected chi connectivity index (χ0v) is 7.61. The fourth-order valence-electron chi connectivity index (χ4n) is 0.789. The maximum atomic E-state index is 11.6. The lowest BCUT2D eigenvalue weighted by atomic mass is 11.0. The third-order valence-electron chi connectivity index (χ3n) is 1.72. The molecule has 0 aromatic carbocycles. The quantitative estimate of drug-likeness (QED) is 0.571. The van der Waals surface area contributed by atoms with Crippen LogP contribution in [0.1, 0.15) is 13.8 Å². The molecule has 3 heteroatoms. The highest BCUT2D eigenvalue weighted by Gasteiger charge is 2.18. The molecule has 0 saturated heterocycles. The van der Waals surface area contributed by atoms with Gasteiger partial charge in [-0.1, -0.05) is 13.8 Å². The minimum absolute atomic E-state index is 0.788. The molecule has 9 heavy (non-hydrogen) atoms. The smallest absolute Gasteiger partial charge is 0.149 e. The summed E-state index contributed by atoms with van der Waals surface area (Å²) in [5.74, 6) is 0. The summed E-state index contributed by atoms with van der Waals surface area (Å²) < 4.78 is 13.4. The third-order valence-corrected chi connectivity index (χ3v) is 5.15. The SMILES string of the molecule is CCP(=O)(CC)N(C)C. The van der Waals surface area contributed by atoms with Crippen molar-refractivity contribution >= 4 is 7.29 Å². The molecule has 0 aliphatic carbocycles. The van der Waals surface area contributed by atoms with E-state index < -0.39 is 7.29 Å². The summed E-state index contributed by atoms with van der Waals surface area (Å²) in [6.07, 6.45) is 1.58. The van der Waals surface area contributed by atoms with E-state index in [9.17, 15) is 4.57 Å². The van der Waals surface area contributed by atoms with Crippen molar-refractivity contribution in [3.63, 3.8) is 0 Å². The second-order valence-corrected chi connectivity index (χ2v) is 6.08. The normalized spacial score (nSPS) is 12.6. The first-order valence-electron chi connectivity index (χ1n) is 3.32. The second-order valence-electron chi connectivity index (χ2n) is 2.33. The molecule has 56 valence electrons. The van der Waals surface area contributed by atoms with Gasteiger partial charge in [0.15, 0.2) is 0 Å². The van der Waals surface area contributed by atoms with Gasteiger partial charge in [-0.05, 0) is 14.1 Å². The number of nitrogens with zero attached hydrogens (tertiary/aromatic N) is 1. The summed E-state index contributed by atoms with van der Waals surface area (Å²) in [5.41, 5.74) is 0. The lowest BCUT2D eigenvalue weighted by Crippen LogP contribution is -2.11. The van der Waals surface area contributed by atoms with Crippen LogP contribution in [0.4, 0.5) is 0 Å². The van der Waals surface area contributed by atoms with E-state index in [-0.39, 0.29) is 0 Å². The van der Waals surface area contributed by atoms with Crippen LogP contribution < -0.4 is 0 Å². The third kappa shape index (κ3) is 2.11. The highest BCUT2D eigenvalue weighted by molar-refractivity contribution is 7.61. The molecule has 0 radical (unpaired) electrons. The fourth-order valence-corrected chi connectivity index (χ4v) is 2.37. The zero-order chi connectivity index (χ0) is 7.49. The van der Waals surface area contributed by atoms with Crippen LogP contribution in [0.3, 0.4) is 0 Å². The van der Waals surface area contributed by atoms with Crippen molar-refractivity contribution in [2.45, 2.75) is 13.8 Å². The van der Waals surface area contributed by atoms with Crippen LogP contribution >= 0.6 is 7.29 Å². The van der Waals surface area contributed by atoms with Crippen molar-refractivity contribution in [3.05, 3.63) is 0 Å². The monoisotopic (exact) mass is 149 g/mol. The molecular weight excluding hydrogens is 133 g/mol. The van der Waals surface area contributed by atoms with E-state index in [2.05, 4.69) is 0 Å². The van der Waals surface area contributed by atoms with E-state index in [4.69, 9.17) is 0 Å². The Kier molecular flexibility index (Phi) is 3.45. The Labute approximate surface area is 57.7 Å². The van der Waals surface area contributed by atoms with Crippen molar-refractivity contribution in [1.29, 1.82) is 0 Å². The van der Waals surface area contributed by atoms with Crippen molar-refractivity contribution in [3.8, 4) is 0 Å². The largest absolute Gasteiger partial charge is 0.307 e. The van der Waals surface area contributed by atoms with E-state index >= 15 is 0 Å². The van der Waals surface area contributed by atoms with Gasteiger partial charge in [0.1, 0.15) is 7.29 Å². The molecule has 0 atom stereocenters. The Morgan fingerprint density at radius 3 is 1.56 bits per heavy atom.